The first-order valence-electron chi connectivity index (χ1n) is 10.8. The van der Waals surface area contributed by atoms with Crippen LogP contribution in [0.2, 0.25) is 21.6 Å². The Balaban J connectivity index is 2.12. The maximum atomic E-state index is 6.97. The lowest BCUT2D eigenvalue weighted by Crippen LogP contribution is -2.50. The molecule has 0 aliphatic heterocycles. The molecule has 0 atom stereocenters. The zero-order valence-electron chi connectivity index (χ0n) is 19.0. The van der Waals surface area contributed by atoms with Crippen molar-refractivity contribution in [1.82, 2.24) is 4.98 Å². The second-order valence-corrected chi connectivity index (χ2v) is 16.2. The number of halogens is 2. The van der Waals surface area contributed by atoms with Gasteiger partial charge in [0.15, 0.2) is 0 Å². The Kier molecular flexibility index (Phi) is 8.11. The second kappa shape index (κ2) is 10.2. The summed E-state index contributed by atoms with van der Waals surface area (Å²) in [4.78, 5) is 4.73. The van der Waals surface area contributed by atoms with Gasteiger partial charge in [-0.3, -0.25) is 4.98 Å². The minimum absolute atomic E-state index is 0.503. The lowest BCUT2D eigenvalue weighted by Gasteiger charge is -2.41. The van der Waals surface area contributed by atoms with Crippen molar-refractivity contribution in [3.8, 4) is 22.6 Å². The van der Waals surface area contributed by atoms with E-state index in [2.05, 4.69) is 62.9 Å². The molecule has 3 rings (SSSR count). The van der Waals surface area contributed by atoms with Crippen LogP contribution in [0.5, 0.6) is 11.5 Å². The van der Waals surface area contributed by atoms with Gasteiger partial charge in [0, 0.05) is 33.1 Å². The van der Waals surface area contributed by atoms with Crippen LogP contribution in [0.4, 0.5) is 0 Å². The fourth-order valence-electron chi connectivity index (χ4n) is 4.73. The van der Waals surface area contributed by atoms with E-state index in [0.717, 1.165) is 38.2 Å². The summed E-state index contributed by atoms with van der Waals surface area (Å²) in [7, 11) is -2.07. The quantitative estimate of drug-likeness (QED) is 0.200. The van der Waals surface area contributed by atoms with Crippen molar-refractivity contribution in [2.24, 2.45) is 0 Å². The number of hydrogen-bond donors (Lipinski definition) is 0. The molecule has 0 radical (unpaired) electrons. The summed E-state index contributed by atoms with van der Waals surface area (Å²) in [6.45, 7) is 14.4. The zero-order valence-corrected chi connectivity index (χ0v) is 23.2. The highest BCUT2D eigenvalue weighted by atomic mass is 79.9. The molecule has 0 saturated heterocycles. The number of aromatic nitrogens is 1. The standard InChI is InChI=1S/C24H31BrClNO2SSi/c1-15(2)31(16(3)4,17(5)6)29-22-14-30-24-19(9-11-27-23(22)24)20-13-18(26)7-8-21(20)28-12-10-25/h7-9,11,13-17H,10,12H2,1-6H3. The van der Waals surface area contributed by atoms with Crippen LogP contribution in [0.1, 0.15) is 41.5 Å². The molecule has 7 heteroatoms. The van der Waals surface area contributed by atoms with Crippen LogP contribution in [0.3, 0.4) is 0 Å². The minimum atomic E-state index is -2.07. The van der Waals surface area contributed by atoms with Crippen molar-refractivity contribution >= 4 is 57.4 Å². The molecule has 0 unspecified atom stereocenters. The summed E-state index contributed by atoms with van der Waals surface area (Å²) >= 11 is 11.5. The third-order valence-corrected chi connectivity index (χ3v) is 13.5. The number of alkyl halides is 1. The average Bonchev–Trinajstić information content (AvgIpc) is 3.13. The number of benzene rings is 1. The molecular formula is C24H31BrClNO2SSi. The Morgan fingerprint density at radius 2 is 1.68 bits per heavy atom. The van der Waals surface area contributed by atoms with Gasteiger partial charge in [0.2, 0.25) is 0 Å². The molecule has 0 N–H and O–H groups in total. The van der Waals surface area contributed by atoms with Gasteiger partial charge in [-0.1, -0.05) is 69.1 Å². The minimum Gasteiger partial charge on any atom is -0.541 e. The van der Waals surface area contributed by atoms with Crippen molar-refractivity contribution in [3.63, 3.8) is 0 Å². The Labute approximate surface area is 204 Å². The summed E-state index contributed by atoms with van der Waals surface area (Å²) in [5.41, 5.74) is 4.48. The van der Waals surface area contributed by atoms with E-state index in [1.807, 2.05) is 30.5 Å². The van der Waals surface area contributed by atoms with Crippen molar-refractivity contribution in [2.75, 3.05) is 11.9 Å². The maximum Gasteiger partial charge on any atom is 0.258 e. The summed E-state index contributed by atoms with van der Waals surface area (Å²) in [5, 5.41) is 3.58. The van der Waals surface area contributed by atoms with Crippen molar-refractivity contribution in [3.05, 3.63) is 40.9 Å². The van der Waals surface area contributed by atoms with Gasteiger partial charge in [-0.05, 0) is 40.9 Å². The van der Waals surface area contributed by atoms with E-state index in [9.17, 15) is 0 Å². The molecule has 0 fully saturated rings. The molecule has 31 heavy (non-hydrogen) atoms. The molecule has 2 aromatic heterocycles. The van der Waals surface area contributed by atoms with E-state index in [1.165, 1.54) is 0 Å². The molecule has 0 saturated carbocycles. The molecule has 0 bridgehead atoms. The maximum absolute atomic E-state index is 6.97. The summed E-state index contributed by atoms with van der Waals surface area (Å²) in [6, 6.07) is 7.80. The zero-order chi connectivity index (χ0) is 22.8. The SMILES string of the molecule is CC(C)[Si](Oc1csc2c(-c3cc(Cl)ccc3OCCBr)ccnc12)(C(C)C)C(C)C. The van der Waals surface area contributed by atoms with Gasteiger partial charge in [-0.2, -0.15) is 0 Å². The molecular weight excluding hydrogens is 510 g/mol. The molecule has 0 amide bonds. The molecule has 0 spiro atoms. The van der Waals surface area contributed by atoms with E-state index >= 15 is 0 Å². The van der Waals surface area contributed by atoms with Gasteiger partial charge < -0.3 is 9.16 Å². The Morgan fingerprint density at radius 1 is 1.00 bits per heavy atom. The molecule has 0 aliphatic rings. The highest BCUT2D eigenvalue weighted by Crippen LogP contribution is 2.47. The number of pyridine rings is 1. The van der Waals surface area contributed by atoms with E-state index < -0.39 is 8.32 Å². The fourth-order valence-corrected chi connectivity index (χ4v) is 11.3. The number of ether oxygens (including phenoxy) is 1. The van der Waals surface area contributed by atoms with Crippen LogP contribution in [-0.2, 0) is 0 Å². The molecule has 3 nitrogen and oxygen atoms in total. The summed E-state index contributed by atoms with van der Waals surface area (Å²) in [6.07, 6.45) is 1.86. The average molecular weight is 541 g/mol. The highest BCUT2D eigenvalue weighted by Gasteiger charge is 2.47. The Bertz CT molecular complexity index is 1020. The summed E-state index contributed by atoms with van der Waals surface area (Å²) < 4.78 is 14.1. The largest absolute Gasteiger partial charge is 0.541 e. The molecule has 168 valence electrons. The second-order valence-electron chi connectivity index (χ2n) is 8.73. The van der Waals surface area contributed by atoms with Crippen LogP contribution >= 0.6 is 38.9 Å². The lowest BCUT2D eigenvalue weighted by atomic mass is 10.1. The molecule has 1 aromatic carbocycles. The van der Waals surface area contributed by atoms with Crippen molar-refractivity contribution in [2.45, 2.75) is 58.2 Å². The predicted molar refractivity (Wildman–Crippen MR) is 141 cm³/mol. The van der Waals surface area contributed by atoms with E-state index in [4.69, 9.17) is 25.7 Å². The lowest BCUT2D eigenvalue weighted by molar-refractivity contribution is 0.346. The van der Waals surface area contributed by atoms with Crippen LogP contribution in [0, 0.1) is 0 Å². The smallest absolute Gasteiger partial charge is 0.258 e. The predicted octanol–water partition coefficient (Wildman–Crippen LogP) is 8.94. The molecule has 0 aliphatic carbocycles. The van der Waals surface area contributed by atoms with Gasteiger partial charge in [-0.25, -0.2) is 0 Å². The van der Waals surface area contributed by atoms with Crippen LogP contribution in [-0.4, -0.2) is 25.2 Å². The number of thiophene rings is 1. The third kappa shape index (κ3) is 4.82. The number of fused-ring (bicyclic) bond motifs is 1. The Morgan fingerprint density at radius 3 is 2.29 bits per heavy atom. The first-order valence-corrected chi connectivity index (χ1v) is 15.3. The topological polar surface area (TPSA) is 31.4 Å². The van der Waals surface area contributed by atoms with Gasteiger partial charge in [0.1, 0.15) is 17.0 Å². The molecule has 2 heterocycles. The molecule has 3 aromatic rings. The van der Waals surface area contributed by atoms with Gasteiger partial charge >= 0.3 is 0 Å². The van der Waals surface area contributed by atoms with Gasteiger partial charge in [-0.15, -0.1) is 11.3 Å². The fraction of sp³-hybridized carbons (Fsp3) is 0.458. The van der Waals surface area contributed by atoms with E-state index in [-0.39, 0.29) is 0 Å². The van der Waals surface area contributed by atoms with Gasteiger partial charge in [0.05, 0.1) is 11.3 Å². The summed E-state index contributed by atoms with van der Waals surface area (Å²) in [5.74, 6) is 1.73. The normalized spacial score (nSPS) is 12.4. The number of hydrogen-bond acceptors (Lipinski definition) is 4. The van der Waals surface area contributed by atoms with E-state index in [1.54, 1.807) is 11.3 Å². The Hall–Kier alpha value is -1.08. The first kappa shape index (κ1) is 24.6. The highest BCUT2D eigenvalue weighted by molar-refractivity contribution is 9.09. The monoisotopic (exact) mass is 539 g/mol. The van der Waals surface area contributed by atoms with Crippen molar-refractivity contribution in [1.29, 1.82) is 0 Å². The van der Waals surface area contributed by atoms with Crippen molar-refractivity contribution < 1.29 is 9.16 Å². The number of nitrogens with zero attached hydrogens (tertiary/aromatic N) is 1. The van der Waals surface area contributed by atoms with Crippen LogP contribution in [0.15, 0.2) is 35.8 Å². The number of rotatable bonds is 9. The van der Waals surface area contributed by atoms with Gasteiger partial charge in [0.25, 0.3) is 8.32 Å². The first-order chi connectivity index (χ1) is 14.7. The van der Waals surface area contributed by atoms with Crippen LogP contribution < -0.4 is 9.16 Å². The van der Waals surface area contributed by atoms with E-state index in [0.29, 0.717) is 28.3 Å². The van der Waals surface area contributed by atoms with Crippen LogP contribution in [0.25, 0.3) is 21.3 Å². The third-order valence-electron chi connectivity index (χ3n) is 5.98.